The van der Waals surface area contributed by atoms with Crippen LogP contribution in [0.15, 0.2) is 42.5 Å². The van der Waals surface area contributed by atoms with Crippen LogP contribution >= 0.6 is 0 Å². The Morgan fingerprint density at radius 1 is 0.844 bits per heavy atom. The molecule has 0 radical (unpaired) electrons. The molecule has 0 unspecified atom stereocenters. The van der Waals surface area contributed by atoms with Gasteiger partial charge < -0.3 is 74.7 Å². The maximum Gasteiger partial charge on any atom is 0.331 e. The zero-order chi connectivity index (χ0) is 33.0. The lowest BCUT2D eigenvalue weighted by Crippen LogP contribution is -2.64. The van der Waals surface area contributed by atoms with Crippen molar-refractivity contribution in [3.05, 3.63) is 53.6 Å². The summed E-state index contributed by atoms with van der Waals surface area (Å²) in [5.41, 5.74) is 0.449. The van der Waals surface area contributed by atoms with Crippen LogP contribution in [0.3, 0.4) is 0 Å². The number of aliphatic hydroxyl groups excluding tert-OH is 6. The summed E-state index contributed by atoms with van der Waals surface area (Å²) in [5, 5.41) is 101. The van der Waals surface area contributed by atoms with Gasteiger partial charge in [0.1, 0.15) is 42.7 Å². The van der Waals surface area contributed by atoms with Crippen LogP contribution in [0.25, 0.3) is 6.08 Å². The fraction of sp³-hybridized carbons (Fsp3) is 0.483. The molecule has 0 spiro atoms. The Kier molecular flexibility index (Phi) is 11.2. The van der Waals surface area contributed by atoms with E-state index in [4.69, 9.17) is 23.7 Å². The van der Waals surface area contributed by atoms with Gasteiger partial charge in [0, 0.05) is 6.08 Å². The number of phenolic OH excluding ortho intramolecular Hbond substituents is 4. The van der Waals surface area contributed by atoms with Crippen LogP contribution in [0, 0.1) is 0 Å². The maximum atomic E-state index is 12.7. The standard InChI is InChI=1S/C29H36O16/c1-12-22(37)23(38)24(39)28(42-12)45-27-25(40)26(44-21(36)7-3-13-2-5-15(31)17(33)8-13)20(10-30)43-29(27)41-11-19(35)14-4-6-16(32)18(34)9-14/h2-9,12,19-20,22-35,37-40H,10-11H2,1H3/t12-,19-,20+,22-,23+,24+,25-,26+,27+,28-,29+/m0/s1. The summed E-state index contributed by atoms with van der Waals surface area (Å²) in [6, 6.07) is 7.32. The zero-order valence-corrected chi connectivity index (χ0v) is 23.8. The third-order valence-electron chi connectivity index (χ3n) is 7.36. The molecule has 0 saturated carbocycles. The second kappa shape index (κ2) is 14.7. The fourth-order valence-electron chi connectivity index (χ4n) is 4.76. The van der Waals surface area contributed by atoms with Crippen LogP contribution in [-0.4, -0.2) is 132 Å². The van der Waals surface area contributed by atoms with Crippen LogP contribution in [0.2, 0.25) is 0 Å². The molecule has 16 heteroatoms. The van der Waals surface area contributed by atoms with E-state index in [1.807, 2.05) is 0 Å². The highest BCUT2D eigenvalue weighted by molar-refractivity contribution is 5.87. The number of benzene rings is 2. The minimum absolute atomic E-state index is 0.135. The van der Waals surface area contributed by atoms with E-state index in [0.717, 1.165) is 18.2 Å². The average Bonchev–Trinajstić information content (AvgIpc) is 3.01. The summed E-state index contributed by atoms with van der Waals surface area (Å²) >= 11 is 0. The van der Waals surface area contributed by atoms with Crippen LogP contribution in [0.4, 0.5) is 0 Å². The van der Waals surface area contributed by atoms with Crippen molar-refractivity contribution >= 4 is 12.0 Å². The van der Waals surface area contributed by atoms with E-state index in [2.05, 4.69) is 0 Å². The van der Waals surface area contributed by atoms with Crippen molar-refractivity contribution in [2.45, 2.75) is 74.4 Å². The van der Waals surface area contributed by atoms with Gasteiger partial charge in [0.2, 0.25) is 0 Å². The van der Waals surface area contributed by atoms with E-state index in [-0.39, 0.29) is 11.3 Å². The molecular weight excluding hydrogens is 604 g/mol. The first-order valence-electron chi connectivity index (χ1n) is 13.8. The molecule has 10 N–H and O–H groups in total. The van der Waals surface area contributed by atoms with Crippen LogP contribution in [0.1, 0.15) is 24.2 Å². The van der Waals surface area contributed by atoms with E-state index in [1.54, 1.807) is 0 Å². The molecule has 45 heavy (non-hydrogen) atoms. The molecule has 2 saturated heterocycles. The quantitative estimate of drug-likeness (QED) is 0.0802. The predicted octanol–water partition coefficient (Wildman–Crippen LogP) is -1.53. The summed E-state index contributed by atoms with van der Waals surface area (Å²) in [6.45, 7) is 0.0575. The molecule has 2 aliphatic rings. The Morgan fingerprint density at radius 2 is 1.51 bits per heavy atom. The maximum absolute atomic E-state index is 12.7. The number of ether oxygens (including phenoxy) is 5. The Labute approximate surface area is 256 Å². The summed E-state index contributed by atoms with van der Waals surface area (Å²) in [6.07, 6.45) is -15.0. The minimum Gasteiger partial charge on any atom is -0.504 e. The molecule has 2 fully saturated rings. The number of carbonyl (C=O) groups is 1. The van der Waals surface area contributed by atoms with E-state index >= 15 is 0 Å². The van der Waals surface area contributed by atoms with Gasteiger partial charge in [-0.2, -0.15) is 0 Å². The molecule has 2 aromatic carbocycles. The van der Waals surface area contributed by atoms with Crippen LogP contribution in [0.5, 0.6) is 23.0 Å². The Morgan fingerprint density at radius 3 is 2.16 bits per heavy atom. The minimum atomic E-state index is -1.83. The van der Waals surface area contributed by atoms with Gasteiger partial charge in [-0.3, -0.25) is 0 Å². The molecule has 11 atom stereocenters. The molecule has 4 rings (SSSR count). The van der Waals surface area contributed by atoms with Crippen molar-refractivity contribution in [3.63, 3.8) is 0 Å². The number of esters is 1. The number of phenols is 4. The second-order valence-corrected chi connectivity index (χ2v) is 10.6. The van der Waals surface area contributed by atoms with E-state index in [9.17, 15) is 55.9 Å². The Hall–Kier alpha value is -3.55. The van der Waals surface area contributed by atoms with Crippen LogP contribution < -0.4 is 0 Å². The van der Waals surface area contributed by atoms with Crippen molar-refractivity contribution in [3.8, 4) is 23.0 Å². The highest BCUT2D eigenvalue weighted by atomic mass is 16.8. The monoisotopic (exact) mass is 640 g/mol. The number of rotatable bonds is 10. The van der Waals surface area contributed by atoms with Gasteiger partial charge in [-0.15, -0.1) is 0 Å². The first-order valence-corrected chi connectivity index (χ1v) is 13.8. The predicted molar refractivity (Wildman–Crippen MR) is 148 cm³/mol. The zero-order valence-electron chi connectivity index (χ0n) is 23.8. The lowest BCUT2D eigenvalue weighted by molar-refractivity contribution is -0.366. The Balaban J connectivity index is 1.54. The van der Waals surface area contributed by atoms with Gasteiger partial charge in [-0.1, -0.05) is 12.1 Å². The third-order valence-corrected chi connectivity index (χ3v) is 7.36. The molecule has 0 amide bonds. The third kappa shape index (κ3) is 8.00. The van der Waals surface area contributed by atoms with Gasteiger partial charge in [0.05, 0.1) is 19.3 Å². The molecule has 248 valence electrons. The van der Waals surface area contributed by atoms with E-state index in [0.29, 0.717) is 5.56 Å². The second-order valence-electron chi connectivity index (χ2n) is 10.6. The summed E-state index contributed by atoms with van der Waals surface area (Å²) in [5.74, 6) is -2.75. The lowest BCUT2D eigenvalue weighted by atomic mass is 9.97. The number of hydrogen-bond acceptors (Lipinski definition) is 16. The molecule has 2 heterocycles. The average molecular weight is 641 g/mol. The van der Waals surface area contributed by atoms with Gasteiger partial charge >= 0.3 is 5.97 Å². The van der Waals surface area contributed by atoms with Gasteiger partial charge in [-0.05, 0) is 48.4 Å². The molecule has 0 aliphatic carbocycles. The van der Waals surface area contributed by atoms with Gasteiger partial charge in [0.25, 0.3) is 0 Å². The number of aromatic hydroxyl groups is 4. The summed E-state index contributed by atoms with van der Waals surface area (Å²) < 4.78 is 28.0. The molecule has 2 aromatic rings. The molecule has 0 aromatic heterocycles. The SMILES string of the molecule is C[C@@H]1O[C@@H](O[C@H]2[C@H](OC[C@H](O)c3ccc(O)c(O)c3)O[C@H](CO)[C@@H](OC(=O)C=Cc3ccc(O)c(O)c3)[C@@H]2O)[C@H](O)[C@H](O)[C@H]1O. The highest BCUT2D eigenvalue weighted by Gasteiger charge is 2.52. The summed E-state index contributed by atoms with van der Waals surface area (Å²) in [7, 11) is 0. The molecule has 2 aliphatic heterocycles. The normalized spacial score (nSPS) is 32.8. The molecular formula is C29H36O16. The number of aliphatic hydroxyl groups is 6. The number of hydrogen-bond donors (Lipinski definition) is 10. The first kappa shape index (κ1) is 34.3. The largest absolute Gasteiger partial charge is 0.504 e. The van der Waals surface area contributed by atoms with Crippen LogP contribution in [-0.2, 0) is 28.5 Å². The van der Waals surface area contributed by atoms with Crippen molar-refractivity contribution < 1.29 is 79.5 Å². The van der Waals surface area contributed by atoms with E-state index in [1.165, 1.54) is 37.3 Å². The molecule has 0 bridgehead atoms. The summed E-state index contributed by atoms with van der Waals surface area (Å²) in [4.78, 5) is 12.7. The van der Waals surface area contributed by atoms with Gasteiger partial charge in [0.15, 0.2) is 41.7 Å². The van der Waals surface area contributed by atoms with E-state index < -0.39 is 104 Å². The fourth-order valence-corrected chi connectivity index (χ4v) is 4.76. The van der Waals surface area contributed by atoms with Crippen molar-refractivity contribution in [1.82, 2.24) is 0 Å². The smallest absolute Gasteiger partial charge is 0.331 e. The first-order chi connectivity index (χ1) is 21.3. The van der Waals surface area contributed by atoms with Crippen molar-refractivity contribution in [1.29, 1.82) is 0 Å². The van der Waals surface area contributed by atoms with Crippen molar-refractivity contribution in [2.75, 3.05) is 13.2 Å². The Bertz CT molecular complexity index is 1340. The molecule has 16 nitrogen and oxygen atoms in total. The lowest BCUT2D eigenvalue weighted by Gasteiger charge is -2.46. The highest BCUT2D eigenvalue weighted by Crippen LogP contribution is 2.33. The number of carbonyl (C=O) groups excluding carboxylic acids is 1. The topological polar surface area (TPSA) is 266 Å². The van der Waals surface area contributed by atoms with Gasteiger partial charge in [-0.25, -0.2) is 4.79 Å². The van der Waals surface area contributed by atoms with Crippen molar-refractivity contribution in [2.24, 2.45) is 0 Å².